The second-order valence-electron chi connectivity index (χ2n) is 8.40. The standard InChI is InChI=1S/C24H27ClN4O2/c1-16(2)24(31)28-10-8-19(9-11-28)18-3-5-20(6-4-18)23(30)27-14-17-7-12-29-21(25)15-26-22(29)13-17/h3-7,12-13,15-16,19H,8-11,14H2,1-2H3,(H,27,30). The molecule has 2 amide bonds. The maximum atomic E-state index is 12.6. The van der Waals surface area contributed by atoms with Crippen LogP contribution in [-0.2, 0) is 11.3 Å². The lowest BCUT2D eigenvalue weighted by molar-refractivity contribution is -0.135. The highest BCUT2D eigenvalue weighted by Gasteiger charge is 2.25. The van der Waals surface area contributed by atoms with E-state index in [9.17, 15) is 9.59 Å². The summed E-state index contributed by atoms with van der Waals surface area (Å²) in [5.41, 5.74) is 3.58. The highest BCUT2D eigenvalue weighted by atomic mass is 35.5. The zero-order valence-corrected chi connectivity index (χ0v) is 18.6. The van der Waals surface area contributed by atoms with E-state index in [2.05, 4.69) is 10.3 Å². The second-order valence-corrected chi connectivity index (χ2v) is 8.79. The van der Waals surface area contributed by atoms with Gasteiger partial charge in [-0.2, -0.15) is 0 Å². The summed E-state index contributed by atoms with van der Waals surface area (Å²) in [6, 6.07) is 11.7. The maximum absolute atomic E-state index is 12.6. The normalized spacial score (nSPS) is 14.9. The number of pyridine rings is 1. The number of nitrogens with one attached hydrogen (secondary N) is 1. The van der Waals surface area contributed by atoms with E-state index < -0.39 is 0 Å². The zero-order chi connectivity index (χ0) is 22.0. The summed E-state index contributed by atoms with van der Waals surface area (Å²) in [5, 5.41) is 3.52. The first kappa shape index (κ1) is 21.4. The van der Waals surface area contributed by atoms with Crippen molar-refractivity contribution in [3.63, 3.8) is 0 Å². The predicted molar refractivity (Wildman–Crippen MR) is 121 cm³/mol. The van der Waals surface area contributed by atoms with Crippen LogP contribution in [0.2, 0.25) is 5.15 Å². The van der Waals surface area contributed by atoms with E-state index in [1.165, 1.54) is 5.56 Å². The molecule has 6 nitrogen and oxygen atoms in total. The minimum absolute atomic E-state index is 0.0498. The maximum Gasteiger partial charge on any atom is 0.251 e. The second kappa shape index (κ2) is 9.10. The van der Waals surface area contributed by atoms with Crippen LogP contribution in [0.25, 0.3) is 5.65 Å². The summed E-state index contributed by atoms with van der Waals surface area (Å²) in [5.74, 6) is 0.612. The molecule has 3 aromatic rings. The molecule has 1 saturated heterocycles. The Hall–Kier alpha value is -2.86. The Balaban J connectivity index is 1.32. The average molecular weight is 439 g/mol. The summed E-state index contributed by atoms with van der Waals surface area (Å²) in [6.07, 6.45) is 5.38. The molecule has 0 aliphatic carbocycles. The lowest BCUT2D eigenvalue weighted by atomic mass is 9.88. The van der Waals surface area contributed by atoms with Crippen molar-refractivity contribution >= 4 is 29.1 Å². The van der Waals surface area contributed by atoms with Gasteiger partial charge in [-0.25, -0.2) is 4.98 Å². The molecule has 0 spiro atoms. The topological polar surface area (TPSA) is 66.7 Å². The molecule has 162 valence electrons. The number of aromatic nitrogens is 2. The number of fused-ring (bicyclic) bond motifs is 1. The van der Waals surface area contributed by atoms with Gasteiger partial charge in [-0.05, 0) is 54.2 Å². The molecule has 0 unspecified atom stereocenters. The van der Waals surface area contributed by atoms with Crippen LogP contribution in [0.3, 0.4) is 0 Å². The molecule has 31 heavy (non-hydrogen) atoms. The Bertz CT molecular complexity index is 1080. The fourth-order valence-electron chi connectivity index (χ4n) is 4.09. The SMILES string of the molecule is CC(C)C(=O)N1CCC(c2ccc(C(=O)NCc3ccn4c(Cl)cnc4c3)cc2)CC1. The lowest BCUT2D eigenvalue weighted by Gasteiger charge is -2.33. The van der Waals surface area contributed by atoms with E-state index in [0.29, 0.717) is 23.2 Å². The van der Waals surface area contributed by atoms with Crippen LogP contribution < -0.4 is 5.32 Å². The number of hydrogen-bond acceptors (Lipinski definition) is 3. The Kier molecular flexibility index (Phi) is 6.28. The van der Waals surface area contributed by atoms with E-state index in [1.807, 2.05) is 61.3 Å². The molecule has 1 N–H and O–H groups in total. The van der Waals surface area contributed by atoms with Crippen molar-refractivity contribution in [2.75, 3.05) is 13.1 Å². The lowest BCUT2D eigenvalue weighted by Crippen LogP contribution is -2.40. The van der Waals surface area contributed by atoms with E-state index in [1.54, 1.807) is 10.6 Å². The van der Waals surface area contributed by atoms with Crippen LogP contribution in [-0.4, -0.2) is 39.2 Å². The van der Waals surface area contributed by atoms with Gasteiger partial charge in [-0.3, -0.25) is 14.0 Å². The molecule has 0 radical (unpaired) electrons. The van der Waals surface area contributed by atoms with E-state index in [-0.39, 0.29) is 17.7 Å². The highest BCUT2D eigenvalue weighted by molar-refractivity contribution is 6.29. The molecule has 1 fully saturated rings. The number of likely N-dealkylation sites (tertiary alicyclic amines) is 1. The quantitative estimate of drug-likeness (QED) is 0.646. The van der Waals surface area contributed by atoms with Crippen LogP contribution in [0.5, 0.6) is 0 Å². The summed E-state index contributed by atoms with van der Waals surface area (Å²) in [7, 11) is 0. The summed E-state index contributed by atoms with van der Waals surface area (Å²) in [4.78, 5) is 30.9. The van der Waals surface area contributed by atoms with Crippen LogP contribution in [0, 0.1) is 5.92 Å². The largest absolute Gasteiger partial charge is 0.348 e. The minimum Gasteiger partial charge on any atom is -0.348 e. The molecule has 1 aliphatic heterocycles. The number of carbonyl (C=O) groups is 2. The smallest absolute Gasteiger partial charge is 0.251 e. The van der Waals surface area contributed by atoms with Crippen molar-refractivity contribution < 1.29 is 9.59 Å². The molecule has 0 saturated carbocycles. The monoisotopic (exact) mass is 438 g/mol. The number of benzene rings is 1. The van der Waals surface area contributed by atoms with Crippen LogP contribution in [0.4, 0.5) is 0 Å². The fourth-order valence-corrected chi connectivity index (χ4v) is 4.28. The van der Waals surface area contributed by atoms with Crippen LogP contribution in [0.15, 0.2) is 48.8 Å². The molecular formula is C24H27ClN4O2. The van der Waals surface area contributed by atoms with Crippen LogP contribution in [0.1, 0.15) is 54.1 Å². The van der Waals surface area contributed by atoms with Crippen molar-refractivity contribution in [2.24, 2.45) is 5.92 Å². The molecular weight excluding hydrogens is 412 g/mol. The van der Waals surface area contributed by atoms with Crippen molar-refractivity contribution in [1.82, 2.24) is 19.6 Å². The number of carbonyl (C=O) groups excluding carboxylic acids is 2. The average Bonchev–Trinajstić information content (AvgIpc) is 3.17. The van der Waals surface area contributed by atoms with Crippen molar-refractivity contribution in [1.29, 1.82) is 0 Å². The van der Waals surface area contributed by atoms with E-state index >= 15 is 0 Å². The minimum atomic E-state index is -0.106. The van der Waals surface area contributed by atoms with Gasteiger partial charge in [0, 0.05) is 37.3 Å². The zero-order valence-electron chi connectivity index (χ0n) is 17.8. The third-order valence-electron chi connectivity index (χ3n) is 5.93. The van der Waals surface area contributed by atoms with Gasteiger partial charge >= 0.3 is 0 Å². The molecule has 3 heterocycles. The summed E-state index contributed by atoms with van der Waals surface area (Å²) in [6.45, 7) is 5.92. The Morgan fingerprint density at radius 2 is 1.87 bits per heavy atom. The number of rotatable bonds is 5. The predicted octanol–water partition coefficient (Wildman–Crippen LogP) is 4.28. The Morgan fingerprint density at radius 3 is 2.55 bits per heavy atom. The first-order valence-electron chi connectivity index (χ1n) is 10.7. The number of piperidine rings is 1. The van der Waals surface area contributed by atoms with E-state index in [0.717, 1.165) is 37.1 Å². The fraction of sp³-hybridized carbons (Fsp3) is 0.375. The summed E-state index contributed by atoms with van der Waals surface area (Å²) < 4.78 is 1.79. The van der Waals surface area contributed by atoms with Crippen molar-refractivity contribution in [3.8, 4) is 0 Å². The van der Waals surface area contributed by atoms with Gasteiger partial charge in [0.1, 0.15) is 10.8 Å². The van der Waals surface area contributed by atoms with E-state index in [4.69, 9.17) is 11.6 Å². The molecule has 1 aliphatic rings. The molecule has 0 atom stereocenters. The van der Waals surface area contributed by atoms with Crippen LogP contribution >= 0.6 is 11.6 Å². The molecule has 0 bridgehead atoms. The molecule has 7 heteroatoms. The molecule has 1 aromatic carbocycles. The first-order valence-corrected chi connectivity index (χ1v) is 11.1. The molecule has 4 rings (SSSR count). The number of nitrogens with zero attached hydrogens (tertiary/aromatic N) is 3. The van der Waals surface area contributed by atoms with Crippen molar-refractivity contribution in [3.05, 3.63) is 70.6 Å². The van der Waals surface area contributed by atoms with Gasteiger partial charge in [0.15, 0.2) is 0 Å². The van der Waals surface area contributed by atoms with Gasteiger partial charge in [0.05, 0.1) is 6.20 Å². The molecule has 2 aromatic heterocycles. The Morgan fingerprint density at radius 1 is 1.16 bits per heavy atom. The number of hydrogen-bond donors (Lipinski definition) is 1. The Labute approximate surface area is 187 Å². The summed E-state index contributed by atoms with van der Waals surface area (Å²) >= 11 is 6.05. The highest BCUT2D eigenvalue weighted by Crippen LogP contribution is 2.28. The van der Waals surface area contributed by atoms with Gasteiger partial charge in [0.25, 0.3) is 5.91 Å². The number of halogens is 1. The van der Waals surface area contributed by atoms with Gasteiger partial charge in [-0.15, -0.1) is 0 Å². The van der Waals surface area contributed by atoms with Crippen molar-refractivity contribution in [2.45, 2.75) is 39.2 Å². The third-order valence-corrected chi connectivity index (χ3v) is 6.21. The van der Waals surface area contributed by atoms with Gasteiger partial charge < -0.3 is 10.2 Å². The first-order chi connectivity index (χ1) is 14.9. The third kappa shape index (κ3) is 4.74. The van der Waals surface area contributed by atoms with Gasteiger partial charge in [-0.1, -0.05) is 37.6 Å². The number of imidazole rings is 1. The number of amides is 2. The van der Waals surface area contributed by atoms with Gasteiger partial charge in [0.2, 0.25) is 5.91 Å².